The van der Waals surface area contributed by atoms with Crippen molar-refractivity contribution in [1.82, 2.24) is 15.1 Å². The van der Waals surface area contributed by atoms with Crippen LogP contribution >= 0.6 is 0 Å². The van der Waals surface area contributed by atoms with Gasteiger partial charge in [-0.1, -0.05) is 25.1 Å². The summed E-state index contributed by atoms with van der Waals surface area (Å²) in [7, 11) is 0. The van der Waals surface area contributed by atoms with Gasteiger partial charge in [-0.05, 0) is 43.9 Å². The van der Waals surface area contributed by atoms with Crippen LogP contribution in [0.5, 0.6) is 0 Å². The average molecular weight is 301 g/mol. The minimum atomic E-state index is 0.181. The van der Waals surface area contributed by atoms with Crippen molar-refractivity contribution in [3.63, 3.8) is 0 Å². The Hall–Kier alpha value is -1.72. The molecule has 1 aliphatic heterocycles. The van der Waals surface area contributed by atoms with Gasteiger partial charge in [0.1, 0.15) is 0 Å². The molecule has 5 nitrogen and oxygen atoms in total. The van der Waals surface area contributed by atoms with Crippen molar-refractivity contribution in [3.8, 4) is 11.5 Å². The van der Waals surface area contributed by atoms with Crippen LogP contribution in [0.1, 0.15) is 31.2 Å². The van der Waals surface area contributed by atoms with E-state index in [1.54, 1.807) is 0 Å². The molecule has 1 aromatic heterocycles. The summed E-state index contributed by atoms with van der Waals surface area (Å²) in [5.41, 5.74) is 2.10. The lowest BCUT2D eigenvalue weighted by atomic mass is 9.91. The van der Waals surface area contributed by atoms with E-state index in [0.717, 1.165) is 24.1 Å². The average Bonchev–Trinajstić information content (AvgIpc) is 2.96. The second-order valence-corrected chi connectivity index (χ2v) is 6.16. The monoisotopic (exact) mass is 301 g/mol. The van der Waals surface area contributed by atoms with E-state index in [2.05, 4.69) is 22.0 Å². The fourth-order valence-corrected chi connectivity index (χ4v) is 3.24. The van der Waals surface area contributed by atoms with Crippen molar-refractivity contribution < 1.29 is 9.52 Å². The smallest absolute Gasteiger partial charge is 0.248 e. The zero-order chi connectivity index (χ0) is 15.5. The van der Waals surface area contributed by atoms with Gasteiger partial charge in [0.05, 0.1) is 13.2 Å². The van der Waals surface area contributed by atoms with Gasteiger partial charge in [-0.2, -0.15) is 0 Å². The van der Waals surface area contributed by atoms with Crippen molar-refractivity contribution in [2.45, 2.75) is 39.3 Å². The van der Waals surface area contributed by atoms with E-state index < -0.39 is 0 Å². The zero-order valence-electron chi connectivity index (χ0n) is 13.2. The topological polar surface area (TPSA) is 62.4 Å². The molecule has 0 spiro atoms. The number of aromatic nitrogens is 2. The highest BCUT2D eigenvalue weighted by Crippen LogP contribution is 2.26. The number of hydrogen-bond donors (Lipinski definition) is 1. The standard InChI is InChI=1S/C17H23N3O2/c1-12-6-3-4-8-14(12)17-19-18-16(22-17)10-20-9-5-7-13(2)15(20)11-21/h3-4,6,8,13,15,21H,5,7,9-11H2,1-2H3. The van der Waals surface area contributed by atoms with Crippen LogP contribution < -0.4 is 0 Å². The first-order valence-corrected chi connectivity index (χ1v) is 7.92. The predicted molar refractivity (Wildman–Crippen MR) is 84.2 cm³/mol. The molecule has 1 aromatic carbocycles. The van der Waals surface area contributed by atoms with Crippen LogP contribution in [0, 0.1) is 12.8 Å². The summed E-state index contributed by atoms with van der Waals surface area (Å²) < 4.78 is 5.84. The van der Waals surface area contributed by atoms with Gasteiger partial charge in [-0.3, -0.25) is 4.90 Å². The highest BCUT2D eigenvalue weighted by Gasteiger charge is 2.29. The van der Waals surface area contributed by atoms with Gasteiger partial charge in [0, 0.05) is 11.6 Å². The van der Waals surface area contributed by atoms with Crippen LogP contribution in [0.25, 0.3) is 11.5 Å². The predicted octanol–water partition coefficient (Wildman–Crippen LogP) is 2.64. The molecule has 1 aliphatic rings. The van der Waals surface area contributed by atoms with E-state index in [1.165, 1.54) is 6.42 Å². The lowest BCUT2D eigenvalue weighted by Gasteiger charge is -2.38. The number of nitrogens with zero attached hydrogens (tertiary/aromatic N) is 3. The van der Waals surface area contributed by atoms with E-state index in [9.17, 15) is 5.11 Å². The molecular weight excluding hydrogens is 278 g/mol. The van der Waals surface area contributed by atoms with Gasteiger partial charge in [0.25, 0.3) is 0 Å². The molecular formula is C17H23N3O2. The van der Waals surface area contributed by atoms with Crippen molar-refractivity contribution in [3.05, 3.63) is 35.7 Å². The Labute approximate surface area is 131 Å². The molecule has 2 heterocycles. The second-order valence-electron chi connectivity index (χ2n) is 6.16. The third kappa shape index (κ3) is 3.05. The van der Waals surface area contributed by atoms with E-state index >= 15 is 0 Å². The van der Waals surface area contributed by atoms with E-state index in [-0.39, 0.29) is 12.6 Å². The SMILES string of the molecule is Cc1ccccc1-c1nnc(CN2CCCC(C)C2CO)o1. The fourth-order valence-electron chi connectivity index (χ4n) is 3.24. The first-order valence-electron chi connectivity index (χ1n) is 7.92. The Balaban J connectivity index is 1.75. The summed E-state index contributed by atoms with van der Waals surface area (Å²) in [6.45, 7) is 5.99. The quantitative estimate of drug-likeness (QED) is 0.940. The number of piperidine rings is 1. The molecule has 22 heavy (non-hydrogen) atoms. The molecule has 118 valence electrons. The van der Waals surface area contributed by atoms with Crippen molar-refractivity contribution >= 4 is 0 Å². The molecule has 2 unspecified atom stereocenters. The molecule has 1 N–H and O–H groups in total. The summed E-state index contributed by atoms with van der Waals surface area (Å²) in [5.74, 6) is 1.68. The lowest BCUT2D eigenvalue weighted by Crippen LogP contribution is -2.46. The van der Waals surface area contributed by atoms with Gasteiger partial charge in [-0.15, -0.1) is 10.2 Å². The second kappa shape index (κ2) is 6.58. The Morgan fingerprint density at radius 2 is 2.14 bits per heavy atom. The Morgan fingerprint density at radius 1 is 1.32 bits per heavy atom. The zero-order valence-corrected chi connectivity index (χ0v) is 13.2. The maximum Gasteiger partial charge on any atom is 0.248 e. The Morgan fingerprint density at radius 3 is 2.91 bits per heavy atom. The van der Waals surface area contributed by atoms with Gasteiger partial charge in [-0.25, -0.2) is 0 Å². The number of rotatable bonds is 4. The molecule has 2 atom stereocenters. The number of likely N-dealkylation sites (tertiary alicyclic amines) is 1. The summed E-state index contributed by atoms with van der Waals surface area (Å²) in [6, 6.07) is 8.18. The molecule has 5 heteroatoms. The normalized spacial score (nSPS) is 22.9. The van der Waals surface area contributed by atoms with Crippen molar-refractivity contribution in [2.75, 3.05) is 13.2 Å². The van der Waals surface area contributed by atoms with Crippen LogP contribution in [0.4, 0.5) is 0 Å². The molecule has 0 aliphatic carbocycles. The maximum absolute atomic E-state index is 9.62. The van der Waals surface area contributed by atoms with E-state index in [4.69, 9.17) is 4.42 Å². The molecule has 0 amide bonds. The molecule has 1 saturated heterocycles. The number of aryl methyl sites for hydroxylation is 1. The number of aliphatic hydroxyl groups excluding tert-OH is 1. The molecule has 0 radical (unpaired) electrons. The Bertz CT molecular complexity index is 626. The van der Waals surface area contributed by atoms with Crippen LogP contribution in [0.15, 0.2) is 28.7 Å². The molecule has 2 aromatic rings. The van der Waals surface area contributed by atoms with Crippen molar-refractivity contribution in [2.24, 2.45) is 5.92 Å². The largest absolute Gasteiger partial charge is 0.419 e. The third-order valence-electron chi connectivity index (χ3n) is 4.60. The number of benzene rings is 1. The van der Waals surface area contributed by atoms with Crippen LogP contribution in [0.3, 0.4) is 0 Å². The summed E-state index contributed by atoms with van der Waals surface area (Å²) >= 11 is 0. The highest BCUT2D eigenvalue weighted by atomic mass is 16.4. The number of aliphatic hydroxyl groups is 1. The van der Waals surface area contributed by atoms with Gasteiger partial charge >= 0.3 is 0 Å². The minimum Gasteiger partial charge on any atom is -0.419 e. The molecule has 0 saturated carbocycles. The van der Waals surface area contributed by atoms with Crippen molar-refractivity contribution in [1.29, 1.82) is 0 Å². The van der Waals surface area contributed by atoms with Gasteiger partial charge < -0.3 is 9.52 Å². The van der Waals surface area contributed by atoms with Crippen LogP contribution in [-0.4, -0.2) is 39.4 Å². The third-order valence-corrected chi connectivity index (χ3v) is 4.60. The molecule has 0 bridgehead atoms. The summed E-state index contributed by atoms with van der Waals surface area (Å²) in [5, 5.41) is 18.0. The van der Waals surface area contributed by atoms with Gasteiger partial charge in [0.15, 0.2) is 0 Å². The summed E-state index contributed by atoms with van der Waals surface area (Å²) in [4.78, 5) is 2.25. The lowest BCUT2D eigenvalue weighted by molar-refractivity contribution is 0.0415. The van der Waals surface area contributed by atoms with Gasteiger partial charge in [0.2, 0.25) is 11.8 Å². The summed E-state index contributed by atoms with van der Waals surface area (Å²) in [6.07, 6.45) is 2.32. The number of hydrogen-bond acceptors (Lipinski definition) is 5. The minimum absolute atomic E-state index is 0.181. The highest BCUT2D eigenvalue weighted by molar-refractivity contribution is 5.57. The molecule has 1 fully saturated rings. The Kier molecular flexibility index (Phi) is 4.55. The molecule has 3 rings (SSSR count). The first kappa shape index (κ1) is 15.2. The van der Waals surface area contributed by atoms with Crippen LogP contribution in [-0.2, 0) is 6.54 Å². The van der Waals surface area contributed by atoms with E-state index in [1.807, 2.05) is 31.2 Å². The van der Waals surface area contributed by atoms with E-state index in [0.29, 0.717) is 24.2 Å². The maximum atomic E-state index is 9.62. The fraction of sp³-hybridized carbons (Fsp3) is 0.529. The first-order chi connectivity index (χ1) is 10.7. The van der Waals surface area contributed by atoms with Crippen LogP contribution in [0.2, 0.25) is 0 Å².